The lowest BCUT2D eigenvalue weighted by molar-refractivity contribution is -0.118. The van der Waals surface area contributed by atoms with Gasteiger partial charge in [-0.15, -0.1) is 11.3 Å². The van der Waals surface area contributed by atoms with E-state index in [1.165, 1.54) is 35.9 Å². The third-order valence-corrected chi connectivity index (χ3v) is 7.10. The van der Waals surface area contributed by atoms with Gasteiger partial charge in [-0.1, -0.05) is 11.8 Å². The molecule has 3 rings (SSSR count). The number of nitrogens with one attached hydrogen (secondary N) is 2. The number of amides is 1. The predicted octanol–water partition coefficient (Wildman–Crippen LogP) is 2.68. The summed E-state index contributed by atoms with van der Waals surface area (Å²) in [5, 5.41) is 2.93. The Kier molecular flexibility index (Phi) is 5.31. The molecule has 1 amide bonds. The van der Waals surface area contributed by atoms with Crippen LogP contribution in [-0.4, -0.2) is 37.4 Å². The first-order valence-corrected chi connectivity index (χ1v) is 11.2. The van der Waals surface area contributed by atoms with E-state index < -0.39 is 10.0 Å². The van der Waals surface area contributed by atoms with E-state index in [0.29, 0.717) is 17.4 Å². The van der Waals surface area contributed by atoms with Crippen LogP contribution in [-0.2, 0) is 14.8 Å². The summed E-state index contributed by atoms with van der Waals surface area (Å²) in [5.74, 6) is 1.08. The van der Waals surface area contributed by atoms with Gasteiger partial charge in [0.15, 0.2) is 4.34 Å². The molecule has 6 nitrogen and oxygen atoms in total. The summed E-state index contributed by atoms with van der Waals surface area (Å²) in [4.78, 5) is 16.3. The van der Waals surface area contributed by atoms with Crippen molar-refractivity contribution in [3.05, 3.63) is 18.2 Å². The molecule has 2 N–H and O–H groups in total. The molecule has 24 heavy (non-hydrogen) atoms. The minimum absolute atomic E-state index is 0.0301. The van der Waals surface area contributed by atoms with Crippen molar-refractivity contribution in [1.82, 2.24) is 10.3 Å². The molecular weight excluding hydrogens is 366 g/mol. The fourth-order valence-corrected chi connectivity index (χ4v) is 4.61. The molecule has 0 saturated heterocycles. The van der Waals surface area contributed by atoms with Gasteiger partial charge in [0.05, 0.1) is 27.4 Å². The zero-order chi connectivity index (χ0) is 17.2. The highest BCUT2D eigenvalue weighted by Crippen LogP contribution is 2.31. The van der Waals surface area contributed by atoms with Crippen LogP contribution in [0.3, 0.4) is 0 Å². The van der Waals surface area contributed by atoms with Gasteiger partial charge in [-0.05, 0) is 43.9 Å². The average Bonchev–Trinajstić information content (AvgIpc) is 3.29. The summed E-state index contributed by atoms with van der Waals surface area (Å²) in [6.45, 7) is 2.37. The molecule has 130 valence electrons. The third-order valence-electron chi connectivity index (χ3n) is 3.63. The fourth-order valence-electron chi connectivity index (χ4n) is 2.04. The van der Waals surface area contributed by atoms with Crippen molar-refractivity contribution in [3.63, 3.8) is 0 Å². The molecule has 1 saturated carbocycles. The van der Waals surface area contributed by atoms with E-state index in [1.54, 1.807) is 25.1 Å². The van der Waals surface area contributed by atoms with E-state index in [2.05, 4.69) is 15.0 Å². The maximum atomic E-state index is 11.8. The van der Waals surface area contributed by atoms with Gasteiger partial charge in [0.1, 0.15) is 0 Å². The number of nitrogens with zero attached hydrogens (tertiary/aromatic N) is 1. The van der Waals surface area contributed by atoms with Crippen molar-refractivity contribution in [1.29, 1.82) is 0 Å². The number of hydrogen-bond donors (Lipinski definition) is 2. The molecule has 1 heterocycles. The number of carbonyl (C=O) groups excluding carboxylic acids is 1. The van der Waals surface area contributed by atoms with Crippen LogP contribution in [0.2, 0.25) is 0 Å². The Balaban J connectivity index is 1.61. The lowest BCUT2D eigenvalue weighted by atomic mass is 10.3. The fraction of sp³-hybridized carbons (Fsp3) is 0.467. The maximum absolute atomic E-state index is 11.8. The summed E-state index contributed by atoms with van der Waals surface area (Å²) in [5.41, 5.74) is 1.34. The second kappa shape index (κ2) is 7.28. The monoisotopic (exact) mass is 385 g/mol. The Labute approximate surface area is 149 Å². The number of carbonyl (C=O) groups is 1. The third kappa shape index (κ3) is 4.84. The average molecular weight is 386 g/mol. The molecule has 0 aliphatic heterocycles. The summed E-state index contributed by atoms with van der Waals surface area (Å²) in [6, 6.07) is 5.26. The topological polar surface area (TPSA) is 88.2 Å². The lowest BCUT2D eigenvalue weighted by Gasteiger charge is -2.04. The highest BCUT2D eigenvalue weighted by atomic mass is 32.2. The molecule has 9 heteroatoms. The number of fused-ring (bicyclic) bond motifs is 1. The zero-order valence-electron chi connectivity index (χ0n) is 13.2. The van der Waals surface area contributed by atoms with Crippen molar-refractivity contribution in [2.24, 2.45) is 5.92 Å². The first kappa shape index (κ1) is 17.5. The number of rotatable bonds is 8. The van der Waals surface area contributed by atoms with Gasteiger partial charge in [0.25, 0.3) is 0 Å². The molecule has 1 aromatic heterocycles. The number of thiazole rings is 1. The SMILES string of the molecule is CCS(=O)(=O)Nc1ccc2nc(SCC(=O)NCC3CC3)sc2c1. The number of thioether (sulfide) groups is 1. The van der Waals surface area contributed by atoms with E-state index in [9.17, 15) is 13.2 Å². The molecule has 1 aliphatic rings. The molecule has 0 unspecified atom stereocenters. The molecule has 0 spiro atoms. The van der Waals surface area contributed by atoms with Crippen molar-refractivity contribution in [3.8, 4) is 0 Å². The van der Waals surface area contributed by atoms with E-state index >= 15 is 0 Å². The number of aromatic nitrogens is 1. The minimum Gasteiger partial charge on any atom is -0.355 e. The Hall–Kier alpha value is -1.32. The summed E-state index contributed by atoms with van der Waals surface area (Å²) in [7, 11) is -3.29. The molecule has 0 atom stereocenters. The largest absolute Gasteiger partial charge is 0.355 e. The molecular formula is C15H19N3O3S3. The highest BCUT2D eigenvalue weighted by Gasteiger charge is 2.21. The second-order valence-electron chi connectivity index (χ2n) is 5.70. The molecule has 2 aromatic rings. The van der Waals surface area contributed by atoms with Crippen LogP contribution in [0.5, 0.6) is 0 Å². The first-order valence-electron chi connectivity index (χ1n) is 7.76. The van der Waals surface area contributed by atoms with E-state index in [-0.39, 0.29) is 11.7 Å². The number of hydrogen-bond acceptors (Lipinski definition) is 6. The normalized spacial score (nSPS) is 14.7. The Morgan fingerprint density at radius 1 is 1.42 bits per heavy atom. The van der Waals surface area contributed by atoms with Gasteiger partial charge in [-0.25, -0.2) is 13.4 Å². The maximum Gasteiger partial charge on any atom is 0.232 e. The van der Waals surface area contributed by atoms with Crippen LogP contribution >= 0.6 is 23.1 Å². The van der Waals surface area contributed by atoms with Gasteiger partial charge >= 0.3 is 0 Å². The van der Waals surface area contributed by atoms with Crippen molar-refractivity contribution >= 4 is 54.9 Å². The van der Waals surface area contributed by atoms with E-state index in [1.807, 2.05) is 0 Å². The summed E-state index contributed by atoms with van der Waals surface area (Å²) < 4.78 is 27.5. The van der Waals surface area contributed by atoms with Gasteiger partial charge in [0, 0.05) is 6.54 Å². The van der Waals surface area contributed by atoms with Gasteiger partial charge in [-0.2, -0.15) is 0 Å². The number of benzene rings is 1. The van der Waals surface area contributed by atoms with Crippen molar-refractivity contribution < 1.29 is 13.2 Å². The van der Waals surface area contributed by atoms with E-state index in [0.717, 1.165) is 21.1 Å². The number of sulfonamides is 1. The smallest absolute Gasteiger partial charge is 0.232 e. The molecule has 1 aliphatic carbocycles. The molecule has 1 fully saturated rings. The summed E-state index contributed by atoms with van der Waals surface area (Å²) in [6.07, 6.45) is 2.44. The van der Waals surface area contributed by atoms with Crippen LogP contribution in [0.25, 0.3) is 10.2 Å². The van der Waals surface area contributed by atoms with Gasteiger partial charge in [0.2, 0.25) is 15.9 Å². The molecule has 0 radical (unpaired) electrons. The van der Waals surface area contributed by atoms with Crippen molar-refractivity contribution in [2.45, 2.75) is 24.1 Å². The molecule has 0 bridgehead atoms. The Bertz CT molecular complexity index is 844. The predicted molar refractivity (Wildman–Crippen MR) is 99.2 cm³/mol. The highest BCUT2D eigenvalue weighted by molar-refractivity contribution is 8.01. The quantitative estimate of drug-likeness (QED) is 0.682. The van der Waals surface area contributed by atoms with E-state index in [4.69, 9.17) is 0 Å². The lowest BCUT2D eigenvalue weighted by Crippen LogP contribution is -2.27. The second-order valence-corrected chi connectivity index (χ2v) is 9.97. The first-order chi connectivity index (χ1) is 11.4. The summed E-state index contributed by atoms with van der Waals surface area (Å²) >= 11 is 2.87. The Morgan fingerprint density at radius 2 is 2.21 bits per heavy atom. The Morgan fingerprint density at radius 3 is 2.92 bits per heavy atom. The number of anilines is 1. The van der Waals surface area contributed by atoms with Crippen molar-refractivity contribution in [2.75, 3.05) is 22.8 Å². The van der Waals surface area contributed by atoms with Crippen LogP contribution in [0.4, 0.5) is 5.69 Å². The van der Waals surface area contributed by atoms with Gasteiger partial charge in [-0.3, -0.25) is 9.52 Å². The zero-order valence-corrected chi connectivity index (χ0v) is 15.7. The standard InChI is InChI=1S/C15H19N3O3S3/c1-2-24(20,21)18-11-5-6-12-13(7-11)23-15(17-12)22-9-14(19)16-8-10-3-4-10/h5-7,10,18H,2-4,8-9H2,1H3,(H,16,19). The minimum atomic E-state index is -3.29. The van der Waals surface area contributed by atoms with Gasteiger partial charge < -0.3 is 5.32 Å². The van der Waals surface area contributed by atoms with Crippen LogP contribution < -0.4 is 10.0 Å². The van der Waals surface area contributed by atoms with Crippen LogP contribution in [0.15, 0.2) is 22.5 Å². The van der Waals surface area contributed by atoms with Crippen LogP contribution in [0.1, 0.15) is 19.8 Å². The molecule has 1 aromatic carbocycles. The van der Waals surface area contributed by atoms with Crippen LogP contribution in [0, 0.1) is 5.92 Å².